The van der Waals surface area contributed by atoms with Gasteiger partial charge in [-0.15, -0.1) is 0 Å². The molecule has 2 aromatic rings. The lowest BCUT2D eigenvalue weighted by Crippen LogP contribution is -2.22. The Bertz CT molecular complexity index is 572. The molecule has 0 saturated carbocycles. The number of hydrogen-bond donors (Lipinski definition) is 0. The van der Waals surface area contributed by atoms with Gasteiger partial charge in [-0.2, -0.15) is 0 Å². The van der Waals surface area contributed by atoms with E-state index in [2.05, 4.69) is 22.6 Å². The number of carbonyl (C=O) groups is 1. The minimum absolute atomic E-state index is 0.0464. The fourth-order valence-electron chi connectivity index (χ4n) is 2.04. The molecule has 1 fully saturated rings. The Morgan fingerprint density at radius 3 is 2.10 bits per heavy atom. The molecule has 2 aromatic carbocycles. The van der Waals surface area contributed by atoms with Crippen LogP contribution in [0.25, 0.3) is 0 Å². The number of halogens is 1. The Labute approximate surface area is 133 Å². The first-order chi connectivity index (χ1) is 9.72. The maximum Gasteiger partial charge on any atom is 0.201 e. The van der Waals surface area contributed by atoms with Gasteiger partial charge >= 0.3 is 0 Å². The van der Waals surface area contributed by atoms with Gasteiger partial charge in [0.15, 0.2) is 5.60 Å². The van der Waals surface area contributed by atoms with Crippen LogP contribution in [0.3, 0.4) is 0 Å². The number of rotatable bonds is 3. The highest BCUT2D eigenvalue weighted by atomic mass is 127. The Morgan fingerprint density at radius 2 is 1.60 bits per heavy atom. The lowest BCUT2D eigenvalue weighted by Gasteiger charge is -2.11. The predicted molar refractivity (Wildman–Crippen MR) is 88.9 cm³/mol. The summed E-state index contributed by atoms with van der Waals surface area (Å²) in [5, 5.41) is 0. The van der Waals surface area contributed by atoms with E-state index in [-0.39, 0.29) is 5.78 Å². The third-order valence-electron chi connectivity index (χ3n) is 3.15. The number of benzene rings is 2. The van der Waals surface area contributed by atoms with E-state index in [9.17, 15) is 4.79 Å². The van der Waals surface area contributed by atoms with Crippen LogP contribution >= 0.6 is 22.6 Å². The van der Waals surface area contributed by atoms with Crippen LogP contribution in [0.4, 0.5) is 0 Å². The lowest BCUT2D eigenvalue weighted by atomic mass is 9.91. The van der Waals surface area contributed by atoms with E-state index in [1.807, 2.05) is 68.4 Å². The second-order valence-corrected chi connectivity index (χ2v) is 5.56. The second kappa shape index (κ2) is 6.50. The number of hydrogen-bond acceptors (Lipinski definition) is 2. The molecule has 0 aromatic heterocycles. The lowest BCUT2D eigenvalue weighted by molar-refractivity contribution is 0.0871. The summed E-state index contributed by atoms with van der Waals surface area (Å²) in [4.78, 5) is 12.5. The van der Waals surface area contributed by atoms with Crippen molar-refractivity contribution in [3.8, 4) is 0 Å². The second-order valence-electron chi connectivity index (χ2n) is 4.32. The van der Waals surface area contributed by atoms with Crippen molar-refractivity contribution < 1.29 is 9.53 Å². The molecule has 2 nitrogen and oxygen atoms in total. The highest BCUT2D eigenvalue weighted by molar-refractivity contribution is 14.1. The number of epoxide rings is 1. The minimum Gasteiger partial charge on any atom is -0.356 e. The van der Waals surface area contributed by atoms with Crippen molar-refractivity contribution in [2.45, 2.75) is 19.4 Å². The van der Waals surface area contributed by atoms with Gasteiger partial charge in [0, 0.05) is 9.13 Å². The van der Waals surface area contributed by atoms with Gasteiger partial charge in [-0.3, -0.25) is 4.79 Å². The van der Waals surface area contributed by atoms with Gasteiger partial charge in [0.05, 0.1) is 6.61 Å². The fourth-order valence-corrected chi connectivity index (χ4v) is 2.40. The van der Waals surface area contributed by atoms with Gasteiger partial charge in [-0.1, -0.05) is 56.3 Å². The molecule has 3 rings (SSSR count). The Balaban J connectivity index is 0.000000704. The molecule has 20 heavy (non-hydrogen) atoms. The summed E-state index contributed by atoms with van der Waals surface area (Å²) in [6.45, 7) is 4.47. The monoisotopic (exact) mass is 380 g/mol. The van der Waals surface area contributed by atoms with Crippen LogP contribution in [0.2, 0.25) is 0 Å². The molecule has 3 heteroatoms. The summed E-state index contributed by atoms with van der Waals surface area (Å²) in [6, 6.07) is 17.3. The molecule has 1 aliphatic heterocycles. The summed E-state index contributed by atoms with van der Waals surface area (Å²) in [6.07, 6.45) is 0. The highest BCUT2D eigenvalue weighted by Gasteiger charge is 2.53. The summed E-state index contributed by atoms with van der Waals surface area (Å²) in [5.74, 6) is 0.0464. The Kier molecular flexibility index (Phi) is 4.94. The smallest absolute Gasteiger partial charge is 0.201 e. The van der Waals surface area contributed by atoms with Crippen LogP contribution in [-0.4, -0.2) is 12.4 Å². The van der Waals surface area contributed by atoms with Crippen LogP contribution in [0.15, 0.2) is 54.6 Å². The molecular weight excluding hydrogens is 363 g/mol. The first-order valence-electron chi connectivity index (χ1n) is 6.72. The molecule has 1 unspecified atom stereocenters. The summed E-state index contributed by atoms with van der Waals surface area (Å²) in [5.41, 5.74) is 0.902. The number of carbonyl (C=O) groups excluding carboxylic acids is 1. The largest absolute Gasteiger partial charge is 0.356 e. The van der Waals surface area contributed by atoms with Crippen molar-refractivity contribution in [2.24, 2.45) is 0 Å². The van der Waals surface area contributed by atoms with Crippen molar-refractivity contribution in [3.63, 3.8) is 0 Å². The van der Waals surface area contributed by atoms with Crippen molar-refractivity contribution in [1.82, 2.24) is 0 Å². The van der Waals surface area contributed by atoms with Gasteiger partial charge in [0.25, 0.3) is 0 Å². The predicted octanol–water partition coefficient (Wildman–Crippen LogP) is 4.43. The van der Waals surface area contributed by atoms with Gasteiger partial charge in [-0.25, -0.2) is 0 Å². The Morgan fingerprint density at radius 1 is 1.05 bits per heavy atom. The van der Waals surface area contributed by atoms with Gasteiger partial charge in [0.1, 0.15) is 0 Å². The maximum atomic E-state index is 12.5. The van der Waals surface area contributed by atoms with Crippen molar-refractivity contribution in [1.29, 1.82) is 0 Å². The summed E-state index contributed by atoms with van der Waals surface area (Å²) < 4.78 is 6.60. The van der Waals surface area contributed by atoms with E-state index in [4.69, 9.17) is 4.74 Å². The molecule has 0 spiro atoms. The molecule has 0 N–H and O–H groups in total. The molecule has 1 atom stereocenters. The van der Waals surface area contributed by atoms with Crippen LogP contribution in [0, 0.1) is 3.57 Å². The first kappa shape index (κ1) is 15.2. The molecule has 1 heterocycles. The van der Waals surface area contributed by atoms with Crippen molar-refractivity contribution >= 4 is 28.4 Å². The quantitative estimate of drug-likeness (QED) is 0.448. The SMILES string of the molecule is CC.O=C(c1ccc(I)cc1)C1(c2ccccc2)CO1. The van der Waals surface area contributed by atoms with Crippen LogP contribution < -0.4 is 0 Å². The first-order valence-corrected chi connectivity index (χ1v) is 7.80. The number of Topliss-reactive ketones (excluding diaryl/α,β-unsaturated/α-hetero) is 1. The van der Waals surface area contributed by atoms with Gasteiger partial charge in [0.2, 0.25) is 5.78 Å². The van der Waals surface area contributed by atoms with E-state index in [0.717, 1.165) is 9.13 Å². The molecule has 0 amide bonds. The Hall–Kier alpha value is -1.20. The van der Waals surface area contributed by atoms with E-state index in [0.29, 0.717) is 12.2 Å². The third kappa shape index (κ3) is 2.94. The minimum atomic E-state index is -0.742. The fraction of sp³-hybridized carbons (Fsp3) is 0.235. The molecule has 1 saturated heterocycles. The average molecular weight is 380 g/mol. The van der Waals surface area contributed by atoms with E-state index >= 15 is 0 Å². The topological polar surface area (TPSA) is 29.6 Å². The molecule has 104 valence electrons. The zero-order chi connectivity index (χ0) is 14.6. The van der Waals surface area contributed by atoms with Crippen molar-refractivity contribution in [3.05, 3.63) is 69.3 Å². The number of ketones is 1. The summed E-state index contributed by atoms with van der Waals surface area (Å²) in [7, 11) is 0. The third-order valence-corrected chi connectivity index (χ3v) is 3.87. The van der Waals surface area contributed by atoms with Crippen LogP contribution in [0.5, 0.6) is 0 Å². The molecule has 0 radical (unpaired) electrons. The van der Waals surface area contributed by atoms with E-state index in [1.165, 1.54) is 0 Å². The standard InChI is InChI=1S/C15H11IO2.C2H6/c16-13-8-6-11(7-9-13)14(17)15(10-18-15)12-4-2-1-3-5-12;1-2/h1-9H,10H2;1-2H3. The zero-order valence-electron chi connectivity index (χ0n) is 11.6. The van der Waals surface area contributed by atoms with Gasteiger partial charge in [-0.05, 0) is 40.3 Å². The zero-order valence-corrected chi connectivity index (χ0v) is 13.8. The molecule has 0 bridgehead atoms. The molecule has 1 aliphatic rings. The van der Waals surface area contributed by atoms with Gasteiger partial charge < -0.3 is 4.74 Å². The van der Waals surface area contributed by atoms with Crippen LogP contribution in [-0.2, 0) is 10.3 Å². The molecular formula is C17H17IO2. The number of ether oxygens (including phenoxy) is 1. The van der Waals surface area contributed by atoms with E-state index in [1.54, 1.807) is 0 Å². The highest BCUT2D eigenvalue weighted by Crippen LogP contribution is 2.41. The molecule has 0 aliphatic carbocycles. The van der Waals surface area contributed by atoms with Crippen LogP contribution in [0.1, 0.15) is 29.8 Å². The normalized spacial score (nSPS) is 19.8. The average Bonchev–Trinajstić information content (AvgIpc) is 3.32. The van der Waals surface area contributed by atoms with E-state index < -0.39 is 5.60 Å². The van der Waals surface area contributed by atoms with Crippen molar-refractivity contribution in [2.75, 3.05) is 6.61 Å². The maximum absolute atomic E-state index is 12.5. The summed E-state index contributed by atoms with van der Waals surface area (Å²) >= 11 is 2.23.